The summed E-state index contributed by atoms with van der Waals surface area (Å²) in [5.41, 5.74) is 1.22. The first-order valence-electron chi connectivity index (χ1n) is 12.6. The highest BCUT2D eigenvalue weighted by molar-refractivity contribution is 7.89. The molecule has 9 nitrogen and oxygen atoms in total. The summed E-state index contributed by atoms with van der Waals surface area (Å²) in [5, 5.41) is 4.77. The molecular weight excluding hydrogens is 478 g/mol. The number of aromatic amines is 1. The minimum absolute atomic E-state index is 0. The fraction of sp³-hybridized carbons (Fsp3) is 0.577. The third-order valence-electron chi connectivity index (χ3n) is 7.31. The van der Waals surface area contributed by atoms with E-state index in [2.05, 4.69) is 11.9 Å². The number of fused-ring (bicyclic) bond motifs is 1. The molecule has 1 saturated carbocycles. The summed E-state index contributed by atoms with van der Waals surface area (Å²) >= 11 is 0. The molecule has 0 spiro atoms. The predicted molar refractivity (Wildman–Crippen MR) is 140 cm³/mol. The number of hydrogen-bond donors (Lipinski definition) is 1. The Morgan fingerprint density at radius 1 is 1.14 bits per heavy atom. The van der Waals surface area contributed by atoms with Crippen LogP contribution in [0.5, 0.6) is 5.75 Å². The number of benzene rings is 1. The van der Waals surface area contributed by atoms with Crippen LogP contribution in [0.3, 0.4) is 0 Å². The van der Waals surface area contributed by atoms with Crippen molar-refractivity contribution in [2.45, 2.75) is 77.5 Å². The number of hydrogen-bond acceptors (Lipinski definition) is 6. The molecule has 1 N–H and O–H groups in total. The number of nitrogens with one attached hydrogen (secondary N) is 1. The van der Waals surface area contributed by atoms with Crippen molar-refractivity contribution >= 4 is 15.5 Å². The Morgan fingerprint density at radius 2 is 1.83 bits per heavy atom. The summed E-state index contributed by atoms with van der Waals surface area (Å²) in [6, 6.07) is 4.80. The molecule has 3 aromatic rings. The van der Waals surface area contributed by atoms with Crippen LogP contribution in [-0.4, -0.2) is 52.0 Å². The normalized spacial score (nSPS) is 18.0. The number of aryl methyl sites for hydroxylation is 1. The van der Waals surface area contributed by atoms with Gasteiger partial charge in [-0.1, -0.05) is 27.2 Å². The summed E-state index contributed by atoms with van der Waals surface area (Å²) in [7, 11) is -3.68. The van der Waals surface area contributed by atoms with Gasteiger partial charge in [-0.25, -0.2) is 17.9 Å². The Morgan fingerprint density at radius 3 is 2.50 bits per heavy atom. The molecular formula is C26H37N5O4S. The largest absolute Gasteiger partial charge is 0.493 e. The summed E-state index contributed by atoms with van der Waals surface area (Å²) in [6.07, 6.45) is 6.01. The molecule has 36 heavy (non-hydrogen) atoms. The van der Waals surface area contributed by atoms with Gasteiger partial charge < -0.3 is 9.72 Å². The fourth-order valence-corrected chi connectivity index (χ4v) is 6.77. The van der Waals surface area contributed by atoms with E-state index in [-0.39, 0.29) is 29.6 Å². The molecule has 0 unspecified atom stereocenters. The number of ether oxygens (including phenoxy) is 1. The van der Waals surface area contributed by atoms with Crippen molar-refractivity contribution in [1.82, 2.24) is 23.9 Å². The van der Waals surface area contributed by atoms with Gasteiger partial charge in [-0.15, -0.1) is 5.10 Å². The van der Waals surface area contributed by atoms with Gasteiger partial charge in [0.1, 0.15) is 11.6 Å². The van der Waals surface area contributed by atoms with Gasteiger partial charge in [-0.05, 0) is 63.6 Å². The van der Waals surface area contributed by atoms with Crippen LogP contribution in [0.1, 0.15) is 77.2 Å². The lowest BCUT2D eigenvalue weighted by atomic mass is 10.0. The number of nitrogens with zero attached hydrogens (tertiary/aromatic N) is 4. The highest BCUT2D eigenvalue weighted by Gasteiger charge is 2.30. The molecule has 2 aliphatic rings. The maximum Gasteiger partial charge on any atom is 0.277 e. The van der Waals surface area contributed by atoms with Crippen molar-refractivity contribution in [3.8, 4) is 17.1 Å². The molecule has 0 amide bonds. The van der Waals surface area contributed by atoms with Gasteiger partial charge >= 0.3 is 0 Å². The van der Waals surface area contributed by atoms with Crippen LogP contribution >= 0.6 is 0 Å². The number of imidazole rings is 1. The molecule has 1 saturated heterocycles. The summed E-state index contributed by atoms with van der Waals surface area (Å²) in [6.45, 7) is 7.24. The van der Waals surface area contributed by atoms with Gasteiger partial charge in [0.15, 0.2) is 11.3 Å². The SMILES string of the molecule is C.CCOc1ccc(S(=O)(=O)N2CCC(C)CC2)cc1-c1nn2c(C3CCCC3)nc(C)c2c(=O)[nH]1. The highest BCUT2D eigenvalue weighted by Crippen LogP contribution is 2.35. The lowest BCUT2D eigenvalue weighted by Crippen LogP contribution is -2.37. The van der Waals surface area contributed by atoms with E-state index in [1.807, 2.05) is 13.8 Å². The lowest BCUT2D eigenvalue weighted by Gasteiger charge is -2.29. The molecule has 10 heteroatoms. The third kappa shape index (κ3) is 4.68. The van der Waals surface area contributed by atoms with Crippen molar-refractivity contribution in [3.05, 3.63) is 40.1 Å². The molecule has 2 fully saturated rings. The van der Waals surface area contributed by atoms with Crippen molar-refractivity contribution in [2.75, 3.05) is 19.7 Å². The quantitative estimate of drug-likeness (QED) is 0.517. The number of piperidine rings is 1. The van der Waals surface area contributed by atoms with Gasteiger partial charge in [0.25, 0.3) is 5.56 Å². The van der Waals surface area contributed by atoms with E-state index in [1.165, 1.54) is 0 Å². The first-order chi connectivity index (χ1) is 16.8. The smallest absolute Gasteiger partial charge is 0.277 e. The van der Waals surface area contributed by atoms with E-state index in [0.29, 0.717) is 48.1 Å². The maximum absolute atomic E-state index is 13.4. The van der Waals surface area contributed by atoms with E-state index in [1.54, 1.807) is 27.0 Å². The van der Waals surface area contributed by atoms with Crippen LogP contribution < -0.4 is 10.3 Å². The molecule has 0 bridgehead atoms. The van der Waals surface area contributed by atoms with E-state index in [4.69, 9.17) is 14.8 Å². The fourth-order valence-electron chi connectivity index (χ4n) is 5.27. The topological polar surface area (TPSA) is 110 Å². The molecule has 1 aromatic carbocycles. The van der Waals surface area contributed by atoms with E-state index >= 15 is 0 Å². The third-order valence-corrected chi connectivity index (χ3v) is 9.20. The average molecular weight is 516 g/mol. The zero-order valence-electron chi connectivity index (χ0n) is 20.6. The Kier molecular flexibility index (Phi) is 7.56. The predicted octanol–water partition coefficient (Wildman–Crippen LogP) is 4.51. The van der Waals surface area contributed by atoms with Crippen molar-refractivity contribution in [1.29, 1.82) is 0 Å². The first kappa shape index (κ1) is 26.3. The maximum atomic E-state index is 13.4. The van der Waals surface area contributed by atoms with Crippen molar-refractivity contribution in [2.24, 2.45) is 5.92 Å². The van der Waals surface area contributed by atoms with E-state index in [0.717, 1.165) is 44.3 Å². The second-order valence-corrected chi connectivity index (χ2v) is 11.7. The van der Waals surface area contributed by atoms with Crippen LogP contribution in [0.15, 0.2) is 27.9 Å². The number of aromatic nitrogens is 4. The van der Waals surface area contributed by atoms with Gasteiger partial charge in [-0.3, -0.25) is 4.79 Å². The summed E-state index contributed by atoms with van der Waals surface area (Å²) < 4.78 is 35.9. The molecule has 1 aliphatic carbocycles. The Bertz CT molecular complexity index is 1400. The number of H-pyrrole nitrogens is 1. The van der Waals surface area contributed by atoms with Crippen LogP contribution in [0, 0.1) is 12.8 Å². The van der Waals surface area contributed by atoms with Gasteiger partial charge in [0.05, 0.1) is 22.8 Å². The van der Waals surface area contributed by atoms with Crippen molar-refractivity contribution in [3.63, 3.8) is 0 Å². The number of sulfonamides is 1. The molecule has 5 rings (SSSR count). The van der Waals surface area contributed by atoms with Crippen molar-refractivity contribution < 1.29 is 13.2 Å². The Hall–Kier alpha value is -2.72. The Labute approximate surface area is 212 Å². The minimum Gasteiger partial charge on any atom is -0.493 e. The monoisotopic (exact) mass is 515 g/mol. The standard InChI is InChI=1S/C25H33N5O4S.CH4/c1-4-34-21-10-9-19(35(32,33)29-13-11-16(2)12-14-29)15-20(21)23-27-25(31)22-17(3)26-24(30(22)28-23)18-7-5-6-8-18;/h9-10,15-16,18H,4-8,11-14H2,1-3H3,(H,27,28,31);1H4. The van der Waals surface area contributed by atoms with Crippen LogP contribution in [0.2, 0.25) is 0 Å². The molecule has 0 radical (unpaired) electrons. The van der Waals surface area contributed by atoms with Gasteiger partial charge in [0, 0.05) is 19.0 Å². The van der Waals surface area contributed by atoms with Crippen LogP contribution in [0.4, 0.5) is 0 Å². The minimum atomic E-state index is -3.68. The Balaban J connectivity index is 0.00000304. The second kappa shape index (κ2) is 10.3. The molecule has 2 aromatic heterocycles. The highest BCUT2D eigenvalue weighted by atomic mass is 32.2. The number of rotatable bonds is 6. The molecule has 3 heterocycles. The van der Waals surface area contributed by atoms with Gasteiger partial charge in [0.2, 0.25) is 10.0 Å². The molecule has 0 atom stereocenters. The molecule has 196 valence electrons. The van der Waals surface area contributed by atoms with E-state index in [9.17, 15) is 13.2 Å². The zero-order chi connectivity index (χ0) is 24.7. The average Bonchev–Trinajstić information content (AvgIpc) is 3.48. The summed E-state index contributed by atoms with van der Waals surface area (Å²) in [5.74, 6) is 2.32. The van der Waals surface area contributed by atoms with E-state index < -0.39 is 10.0 Å². The lowest BCUT2D eigenvalue weighted by molar-refractivity contribution is 0.288. The van der Waals surface area contributed by atoms with Crippen LogP contribution in [0.25, 0.3) is 16.9 Å². The first-order valence-corrected chi connectivity index (χ1v) is 14.0. The van der Waals surface area contributed by atoms with Crippen LogP contribution in [-0.2, 0) is 10.0 Å². The second-order valence-electron chi connectivity index (χ2n) is 9.78. The molecule has 1 aliphatic heterocycles. The zero-order valence-corrected chi connectivity index (χ0v) is 21.4. The van der Waals surface area contributed by atoms with Gasteiger partial charge in [-0.2, -0.15) is 4.31 Å². The summed E-state index contributed by atoms with van der Waals surface area (Å²) in [4.78, 5) is 20.9.